The molecule has 0 spiro atoms. The van der Waals surface area contributed by atoms with E-state index in [1.165, 1.54) is 0 Å². The van der Waals surface area contributed by atoms with Gasteiger partial charge in [0, 0.05) is 48.5 Å². The van der Waals surface area contributed by atoms with Gasteiger partial charge in [-0.05, 0) is 27.7 Å². The predicted octanol–water partition coefficient (Wildman–Crippen LogP) is 0.0192. The maximum absolute atomic E-state index is 12.8. The first-order valence-electron chi connectivity index (χ1n) is 19.5. The van der Waals surface area contributed by atoms with Gasteiger partial charge in [-0.1, -0.05) is 0 Å². The summed E-state index contributed by atoms with van der Waals surface area (Å²) in [5, 5.41) is 0. The van der Waals surface area contributed by atoms with E-state index in [0.29, 0.717) is 0 Å². The molecule has 5 aliphatic rings. The van der Waals surface area contributed by atoms with E-state index in [4.69, 9.17) is 75.8 Å². The maximum Gasteiger partial charge on any atom is 0.303 e. The van der Waals surface area contributed by atoms with Crippen LogP contribution in [0, 0.1) is 0 Å². The first kappa shape index (κ1) is 48.0. The van der Waals surface area contributed by atoms with E-state index in [1.807, 2.05) is 0 Å². The molecule has 0 aromatic carbocycles. The zero-order valence-corrected chi connectivity index (χ0v) is 35.7. The Hall–Kier alpha value is -4.07. The Bertz CT molecular complexity index is 1650. The Morgan fingerprint density at radius 3 is 1.34 bits per heavy atom. The lowest BCUT2D eigenvalue weighted by Gasteiger charge is -2.48. The molecule has 0 N–H and O–H groups in total. The van der Waals surface area contributed by atoms with Crippen molar-refractivity contribution >= 4 is 41.8 Å². The van der Waals surface area contributed by atoms with Gasteiger partial charge in [-0.25, -0.2) is 0 Å². The fourth-order valence-electron chi connectivity index (χ4n) is 7.62. The number of carbonyl (C=O) groups is 7. The first-order chi connectivity index (χ1) is 28.4. The van der Waals surface area contributed by atoms with E-state index >= 15 is 0 Å². The molecular weight excluding hydrogens is 824 g/mol. The highest BCUT2D eigenvalue weighted by Gasteiger charge is 2.62. The summed E-state index contributed by atoms with van der Waals surface area (Å²) >= 11 is 0. The van der Waals surface area contributed by atoms with E-state index in [-0.39, 0.29) is 6.61 Å². The molecule has 5 aliphatic heterocycles. The molecule has 0 bridgehead atoms. The summed E-state index contributed by atoms with van der Waals surface area (Å²) in [6.07, 6.45) is -20.1. The minimum atomic E-state index is -1.84. The van der Waals surface area contributed by atoms with Crippen LogP contribution in [0.5, 0.6) is 0 Å². The van der Waals surface area contributed by atoms with Crippen molar-refractivity contribution in [1.82, 2.24) is 0 Å². The molecule has 5 rings (SSSR count). The van der Waals surface area contributed by atoms with Gasteiger partial charge in [0.2, 0.25) is 0 Å². The minimum absolute atomic E-state index is 0.325. The van der Waals surface area contributed by atoms with Crippen LogP contribution < -0.4 is 0 Å². The standard InChI is InChI=1S/C38H54O23/c1-15(39)46-12-22-25(49-17(3)41)28(50-18(4)42)32(53-21(7)45)35(55-22)57-26-23(13-47-16(2)40)54-34(31(52-20(6)44)29(26)51-19(5)43)48-14-24-27-30(59-37(8,9)58-27)33-36(56-24)61-38(10,11)60-33/h22-36H,12-14H2,1-11H3/t22-,23-,24-,25+,26-,27+,28+,29+,30+,31-,32-,33-,34-,35+,36-/m1/s1. The fourth-order valence-corrected chi connectivity index (χ4v) is 7.62. The third-order valence-electron chi connectivity index (χ3n) is 9.56. The summed E-state index contributed by atoms with van der Waals surface area (Å²) < 4.78 is 94.2. The lowest BCUT2D eigenvalue weighted by Crippen LogP contribution is -2.67. The number of carbonyl (C=O) groups excluding carboxylic acids is 7. The molecule has 0 aromatic rings. The van der Waals surface area contributed by atoms with Gasteiger partial charge in [0.15, 0.2) is 61.0 Å². The second kappa shape index (κ2) is 19.5. The molecule has 344 valence electrons. The molecule has 0 amide bonds. The second-order valence-corrected chi connectivity index (χ2v) is 15.7. The molecule has 5 fully saturated rings. The van der Waals surface area contributed by atoms with Gasteiger partial charge in [0.05, 0.1) is 6.61 Å². The monoisotopic (exact) mass is 878 g/mol. The number of esters is 7. The Labute approximate surface area is 350 Å². The number of ether oxygens (including phenoxy) is 16. The van der Waals surface area contributed by atoms with Gasteiger partial charge in [-0.3, -0.25) is 33.6 Å². The number of fused-ring (bicyclic) bond motifs is 3. The van der Waals surface area contributed by atoms with Crippen molar-refractivity contribution in [3.8, 4) is 0 Å². The van der Waals surface area contributed by atoms with Gasteiger partial charge in [0.25, 0.3) is 0 Å². The van der Waals surface area contributed by atoms with Crippen LogP contribution in [0.25, 0.3) is 0 Å². The second-order valence-electron chi connectivity index (χ2n) is 15.7. The molecule has 23 heteroatoms. The van der Waals surface area contributed by atoms with Crippen molar-refractivity contribution in [1.29, 1.82) is 0 Å². The zero-order valence-electron chi connectivity index (χ0n) is 35.7. The van der Waals surface area contributed by atoms with E-state index in [2.05, 4.69) is 0 Å². The van der Waals surface area contributed by atoms with Gasteiger partial charge in [-0.15, -0.1) is 0 Å². The molecule has 61 heavy (non-hydrogen) atoms. The predicted molar refractivity (Wildman–Crippen MR) is 192 cm³/mol. The van der Waals surface area contributed by atoms with Crippen molar-refractivity contribution < 1.29 is 109 Å². The fraction of sp³-hybridized carbons (Fsp3) is 0.816. The van der Waals surface area contributed by atoms with E-state index in [0.717, 1.165) is 48.5 Å². The van der Waals surface area contributed by atoms with E-state index in [9.17, 15) is 33.6 Å². The van der Waals surface area contributed by atoms with Crippen LogP contribution in [0.2, 0.25) is 0 Å². The van der Waals surface area contributed by atoms with Crippen molar-refractivity contribution in [2.24, 2.45) is 0 Å². The average Bonchev–Trinajstić information content (AvgIpc) is 3.62. The molecule has 23 nitrogen and oxygen atoms in total. The van der Waals surface area contributed by atoms with Crippen LogP contribution in [0.3, 0.4) is 0 Å². The average molecular weight is 879 g/mol. The van der Waals surface area contributed by atoms with Crippen LogP contribution in [0.15, 0.2) is 0 Å². The Kier molecular flexibility index (Phi) is 15.4. The van der Waals surface area contributed by atoms with Gasteiger partial charge < -0.3 is 75.8 Å². The third-order valence-corrected chi connectivity index (χ3v) is 9.56. The lowest BCUT2D eigenvalue weighted by molar-refractivity contribution is -0.364. The van der Waals surface area contributed by atoms with Crippen LogP contribution in [0.4, 0.5) is 0 Å². The largest absolute Gasteiger partial charge is 0.463 e. The molecular formula is C38H54O23. The Balaban J connectivity index is 1.51. The summed E-state index contributed by atoms with van der Waals surface area (Å²) in [4.78, 5) is 86.9. The minimum Gasteiger partial charge on any atom is -0.463 e. The van der Waals surface area contributed by atoms with Crippen LogP contribution in [0.1, 0.15) is 76.2 Å². The number of hydrogen-bond donors (Lipinski definition) is 0. The topological polar surface area (TPSA) is 267 Å². The summed E-state index contributed by atoms with van der Waals surface area (Å²) in [5.74, 6) is -8.12. The molecule has 0 radical (unpaired) electrons. The zero-order chi connectivity index (χ0) is 45.1. The van der Waals surface area contributed by atoms with E-state index in [1.54, 1.807) is 27.7 Å². The first-order valence-corrected chi connectivity index (χ1v) is 19.5. The highest BCUT2D eigenvalue weighted by molar-refractivity contribution is 5.69. The molecule has 0 aromatic heterocycles. The van der Waals surface area contributed by atoms with Crippen molar-refractivity contribution in [2.45, 2.75) is 180 Å². The Morgan fingerprint density at radius 1 is 0.410 bits per heavy atom. The third kappa shape index (κ3) is 12.3. The summed E-state index contributed by atoms with van der Waals surface area (Å²) in [5.41, 5.74) is 0. The molecule has 0 saturated carbocycles. The summed E-state index contributed by atoms with van der Waals surface area (Å²) in [7, 11) is 0. The molecule has 5 saturated heterocycles. The van der Waals surface area contributed by atoms with E-state index < -0.39 is 159 Å². The SMILES string of the molecule is CC(=O)OC[C@H]1O[C@@H](O[C@H]2[C@H](OC(C)=O)[C@@H](OC(C)=O)[C@H](OC[C@H]3O[C@@H]4OC(C)(C)O[C@@H]4[C@H]4OC(C)(C)O[C@H]43)O[C@@H]2COC(C)=O)[C@H](OC(C)=O)[C@@H](OC(C)=O)[C@H]1OC(C)=O. The van der Waals surface area contributed by atoms with Crippen molar-refractivity contribution in [2.75, 3.05) is 19.8 Å². The normalized spacial score (nSPS) is 37.2. The van der Waals surface area contributed by atoms with Gasteiger partial charge in [0.1, 0.15) is 55.9 Å². The van der Waals surface area contributed by atoms with Crippen molar-refractivity contribution in [3.63, 3.8) is 0 Å². The lowest BCUT2D eigenvalue weighted by atomic mass is 9.95. The van der Waals surface area contributed by atoms with Crippen LogP contribution in [-0.2, 0) is 109 Å². The molecule has 5 heterocycles. The van der Waals surface area contributed by atoms with Crippen LogP contribution in [-0.4, -0.2) is 165 Å². The quantitative estimate of drug-likeness (QED) is 0.164. The number of hydrogen-bond acceptors (Lipinski definition) is 23. The highest BCUT2D eigenvalue weighted by atomic mass is 16.9. The van der Waals surface area contributed by atoms with Crippen LogP contribution >= 0.6 is 0 Å². The summed E-state index contributed by atoms with van der Waals surface area (Å²) in [6.45, 7) is 12.8. The van der Waals surface area contributed by atoms with Crippen molar-refractivity contribution in [3.05, 3.63) is 0 Å². The van der Waals surface area contributed by atoms with Gasteiger partial charge >= 0.3 is 41.8 Å². The number of rotatable bonds is 14. The highest BCUT2D eigenvalue weighted by Crippen LogP contribution is 2.45. The van der Waals surface area contributed by atoms with Gasteiger partial charge in [-0.2, -0.15) is 0 Å². The smallest absolute Gasteiger partial charge is 0.303 e. The maximum atomic E-state index is 12.8. The molecule has 0 unspecified atom stereocenters. The summed E-state index contributed by atoms with van der Waals surface area (Å²) in [6, 6.07) is 0. The Morgan fingerprint density at radius 2 is 0.820 bits per heavy atom. The molecule has 0 aliphatic carbocycles. The molecule has 15 atom stereocenters.